The van der Waals surface area contributed by atoms with Crippen LogP contribution in [0.25, 0.3) is 28.3 Å². The van der Waals surface area contributed by atoms with Crippen LogP contribution < -0.4 is 0 Å². The molecule has 0 radical (unpaired) electrons. The van der Waals surface area contributed by atoms with Gasteiger partial charge < -0.3 is 0 Å². The highest BCUT2D eigenvalue weighted by atomic mass is 14.3. The summed E-state index contributed by atoms with van der Waals surface area (Å²) in [7, 11) is 0. The van der Waals surface area contributed by atoms with Crippen molar-refractivity contribution in [1.82, 2.24) is 0 Å². The maximum Gasteiger partial charge on any atom is 0.000174 e. The van der Waals surface area contributed by atoms with Gasteiger partial charge in [-0.15, -0.1) is 0 Å². The van der Waals surface area contributed by atoms with Crippen molar-refractivity contribution in [3.8, 4) is 11.1 Å². The molecule has 0 heterocycles. The van der Waals surface area contributed by atoms with Gasteiger partial charge in [0.1, 0.15) is 0 Å². The lowest BCUT2D eigenvalue weighted by Gasteiger charge is -2.30. The van der Waals surface area contributed by atoms with E-state index in [0.29, 0.717) is 11.3 Å². The lowest BCUT2D eigenvalue weighted by Crippen LogP contribution is -2.15. The zero-order chi connectivity index (χ0) is 33.2. The molecule has 3 aromatic carbocycles. The largest absolute Gasteiger partial charge is 0.0998 e. The highest BCUT2D eigenvalue weighted by molar-refractivity contribution is 5.94. The number of rotatable bonds is 8. The average molecular weight is 613 g/mol. The fourth-order valence-corrected chi connectivity index (χ4v) is 7.93. The molecule has 0 N–H and O–H groups in total. The van der Waals surface area contributed by atoms with Crippen LogP contribution in [0.4, 0.5) is 0 Å². The summed E-state index contributed by atoms with van der Waals surface area (Å²) in [5, 5.41) is 0. The second-order valence-corrected chi connectivity index (χ2v) is 16.5. The molecular formula is C46H60. The summed E-state index contributed by atoms with van der Waals surface area (Å²) in [6, 6.07) is 19.0. The van der Waals surface area contributed by atoms with Gasteiger partial charge in [0, 0.05) is 5.92 Å². The van der Waals surface area contributed by atoms with E-state index in [2.05, 4.69) is 130 Å². The van der Waals surface area contributed by atoms with E-state index in [-0.39, 0.29) is 0 Å². The molecule has 0 heteroatoms. The third kappa shape index (κ3) is 8.05. The number of benzene rings is 3. The third-order valence-corrected chi connectivity index (χ3v) is 10.2. The normalized spacial score (nSPS) is 20.3. The van der Waals surface area contributed by atoms with Crippen LogP contribution in [0, 0.1) is 31.1 Å². The Bertz CT molecular complexity index is 1600. The Balaban J connectivity index is 0.000000775. The van der Waals surface area contributed by atoms with Crippen LogP contribution in [-0.2, 0) is 12.8 Å². The van der Waals surface area contributed by atoms with Crippen molar-refractivity contribution in [3.05, 3.63) is 111 Å². The van der Waals surface area contributed by atoms with Crippen molar-refractivity contribution >= 4 is 17.2 Å². The van der Waals surface area contributed by atoms with E-state index in [9.17, 15) is 0 Å². The van der Waals surface area contributed by atoms with Crippen molar-refractivity contribution in [3.63, 3.8) is 0 Å². The van der Waals surface area contributed by atoms with Crippen molar-refractivity contribution < 1.29 is 0 Å². The van der Waals surface area contributed by atoms with E-state index in [4.69, 9.17) is 0 Å². The van der Waals surface area contributed by atoms with Gasteiger partial charge >= 0.3 is 0 Å². The van der Waals surface area contributed by atoms with Crippen molar-refractivity contribution in [2.45, 2.75) is 126 Å². The first-order valence-corrected chi connectivity index (χ1v) is 18.3. The smallest absolute Gasteiger partial charge is 0.000174 e. The van der Waals surface area contributed by atoms with Gasteiger partial charge in [0.25, 0.3) is 0 Å². The predicted octanol–water partition coefficient (Wildman–Crippen LogP) is 13.7. The van der Waals surface area contributed by atoms with E-state index in [0.717, 1.165) is 24.7 Å². The molecule has 244 valence electrons. The maximum absolute atomic E-state index is 4.28. The summed E-state index contributed by atoms with van der Waals surface area (Å²) in [6.07, 6.45) is 16.8. The average Bonchev–Trinajstić information content (AvgIpc) is 3.56. The molecule has 0 spiro atoms. The Labute approximate surface area is 282 Å². The van der Waals surface area contributed by atoms with E-state index >= 15 is 0 Å². The molecule has 1 atom stereocenters. The Morgan fingerprint density at radius 2 is 1.54 bits per heavy atom. The predicted molar refractivity (Wildman–Crippen MR) is 204 cm³/mol. The van der Waals surface area contributed by atoms with Gasteiger partial charge in [-0.05, 0) is 144 Å². The first kappa shape index (κ1) is 34.2. The van der Waals surface area contributed by atoms with Crippen LogP contribution in [0.2, 0.25) is 0 Å². The van der Waals surface area contributed by atoms with Crippen LogP contribution in [0.15, 0.2) is 66.8 Å². The molecule has 1 unspecified atom stereocenters. The van der Waals surface area contributed by atoms with Crippen molar-refractivity contribution in [2.75, 3.05) is 0 Å². The Hall–Kier alpha value is -3.12. The van der Waals surface area contributed by atoms with Crippen molar-refractivity contribution in [2.24, 2.45) is 17.3 Å². The van der Waals surface area contributed by atoms with Crippen LogP contribution >= 0.6 is 0 Å². The lowest BCUT2D eigenvalue weighted by molar-refractivity contribution is 0.296. The van der Waals surface area contributed by atoms with E-state index in [1.54, 1.807) is 11.1 Å². The molecular weight excluding hydrogens is 553 g/mol. The monoisotopic (exact) mass is 612 g/mol. The van der Waals surface area contributed by atoms with Crippen LogP contribution in [0.1, 0.15) is 144 Å². The van der Waals surface area contributed by atoms with Gasteiger partial charge in [-0.1, -0.05) is 133 Å². The summed E-state index contributed by atoms with van der Waals surface area (Å²) >= 11 is 0. The zero-order valence-electron chi connectivity index (χ0n) is 30.6. The van der Waals surface area contributed by atoms with Gasteiger partial charge in [0.15, 0.2) is 0 Å². The summed E-state index contributed by atoms with van der Waals surface area (Å²) in [6.45, 7) is 24.4. The highest BCUT2D eigenvalue weighted by Crippen LogP contribution is 2.48. The molecule has 1 saturated carbocycles. The summed E-state index contributed by atoms with van der Waals surface area (Å²) in [5.41, 5.74) is 19.1. The number of hydrogen-bond donors (Lipinski definition) is 0. The standard InChI is InChI=1S/C41H48.C5H12/c1-7-8-9-30-12-16-31(17-13-30)38-22-29(6)36-19-18-33(24-40(36)38)34-23-35-21-28(5)37(20-26(2)3)41(39(35)25-34)32-14-10-27(4)11-15-32;1-5(2,3)4/h10-11,14-15,18-19,21-24,29-31H,2,7-9,12-13,16-17,20,25H2,1,3-6H3;1-4H3. The molecule has 0 nitrogen and oxygen atoms in total. The van der Waals surface area contributed by atoms with E-state index in [1.165, 1.54) is 106 Å². The maximum atomic E-state index is 4.28. The molecule has 3 aliphatic carbocycles. The fourth-order valence-electron chi connectivity index (χ4n) is 7.93. The number of fused-ring (bicyclic) bond motifs is 2. The summed E-state index contributed by atoms with van der Waals surface area (Å²) < 4.78 is 0. The molecule has 0 saturated heterocycles. The molecule has 3 aromatic rings. The van der Waals surface area contributed by atoms with Gasteiger partial charge in [-0.25, -0.2) is 0 Å². The van der Waals surface area contributed by atoms with Gasteiger partial charge in [-0.2, -0.15) is 0 Å². The van der Waals surface area contributed by atoms with Gasteiger partial charge in [-0.3, -0.25) is 0 Å². The molecule has 3 aliphatic rings. The number of aryl methyl sites for hydroxylation is 2. The number of unbranched alkanes of at least 4 members (excludes halogenated alkanes) is 1. The second kappa shape index (κ2) is 14.3. The van der Waals surface area contributed by atoms with Gasteiger partial charge in [0.05, 0.1) is 0 Å². The van der Waals surface area contributed by atoms with Gasteiger partial charge in [0.2, 0.25) is 0 Å². The van der Waals surface area contributed by atoms with E-state index < -0.39 is 0 Å². The first-order valence-electron chi connectivity index (χ1n) is 18.3. The van der Waals surface area contributed by atoms with Crippen LogP contribution in [0.3, 0.4) is 0 Å². The van der Waals surface area contributed by atoms with E-state index in [1.807, 2.05) is 0 Å². The second-order valence-electron chi connectivity index (χ2n) is 16.5. The Morgan fingerprint density at radius 3 is 2.17 bits per heavy atom. The van der Waals surface area contributed by atoms with Crippen molar-refractivity contribution in [1.29, 1.82) is 0 Å². The SMILES string of the molecule is C=C(C)Cc1c(C)cc2c(c1-c1ccc(C)cc1)CC(c1ccc3c(c1)C(C1CCC(CCCC)CC1)=CC3C)=C2.CC(C)(C)C. The summed E-state index contributed by atoms with van der Waals surface area (Å²) in [4.78, 5) is 0. The Kier molecular flexibility index (Phi) is 10.7. The molecule has 0 bridgehead atoms. The number of allylic oxidation sites excluding steroid dienone is 4. The molecule has 6 rings (SSSR count). The van der Waals surface area contributed by atoms with Crippen LogP contribution in [0.5, 0.6) is 0 Å². The Morgan fingerprint density at radius 1 is 0.891 bits per heavy atom. The quantitative estimate of drug-likeness (QED) is 0.222. The third-order valence-electron chi connectivity index (χ3n) is 10.2. The zero-order valence-corrected chi connectivity index (χ0v) is 30.6. The molecule has 46 heavy (non-hydrogen) atoms. The fraction of sp³-hybridized carbons (Fsp3) is 0.478. The molecule has 0 aromatic heterocycles. The van der Waals surface area contributed by atoms with Crippen LogP contribution in [-0.4, -0.2) is 0 Å². The lowest BCUT2D eigenvalue weighted by atomic mass is 9.75. The molecule has 0 amide bonds. The molecule has 0 aliphatic heterocycles. The first-order chi connectivity index (χ1) is 21.8. The summed E-state index contributed by atoms with van der Waals surface area (Å²) in [5.74, 6) is 2.23. The highest BCUT2D eigenvalue weighted by Gasteiger charge is 2.30. The topological polar surface area (TPSA) is 0 Å². The molecule has 1 fully saturated rings. The number of hydrogen-bond acceptors (Lipinski definition) is 0. The minimum absolute atomic E-state index is 0.500. The minimum Gasteiger partial charge on any atom is -0.0998 e. The minimum atomic E-state index is 0.500.